The number of rotatable bonds is 2. The highest BCUT2D eigenvalue weighted by molar-refractivity contribution is 6.31. The maximum atomic E-state index is 5.96. The van der Waals surface area contributed by atoms with Crippen LogP contribution in [0.2, 0.25) is 5.02 Å². The second kappa shape index (κ2) is 5.25. The van der Waals surface area contributed by atoms with Crippen LogP contribution in [0, 0.1) is 0 Å². The number of halogens is 1. The van der Waals surface area contributed by atoms with Crippen LogP contribution >= 0.6 is 11.6 Å². The molecule has 0 atom stereocenters. The Morgan fingerprint density at radius 3 is 2.53 bits per heavy atom. The summed E-state index contributed by atoms with van der Waals surface area (Å²) in [5.74, 6) is 0. The van der Waals surface area contributed by atoms with E-state index in [1.54, 1.807) is 0 Å². The summed E-state index contributed by atoms with van der Waals surface area (Å²) in [6.07, 6.45) is 4.08. The summed E-state index contributed by atoms with van der Waals surface area (Å²) < 4.78 is 0. The predicted octanol–water partition coefficient (Wildman–Crippen LogP) is 5.06. The average molecular weight is 266 g/mol. The lowest BCUT2D eigenvalue weighted by atomic mass is 10.1. The Morgan fingerprint density at radius 2 is 1.68 bits per heavy atom. The van der Waals surface area contributed by atoms with Crippen LogP contribution in [0.4, 0.5) is 0 Å². The van der Waals surface area contributed by atoms with Crippen LogP contribution in [0.15, 0.2) is 60.7 Å². The van der Waals surface area contributed by atoms with Crippen molar-refractivity contribution in [3.05, 3.63) is 76.9 Å². The second-order valence-corrected chi connectivity index (χ2v) is 4.75. The number of benzene rings is 2. The molecule has 0 fully saturated rings. The van der Waals surface area contributed by atoms with E-state index in [9.17, 15) is 0 Å². The van der Waals surface area contributed by atoms with Crippen LogP contribution in [0.25, 0.3) is 23.1 Å². The van der Waals surface area contributed by atoms with Gasteiger partial charge in [0, 0.05) is 10.4 Å². The molecule has 92 valence electrons. The molecule has 0 saturated heterocycles. The number of hydrogen-bond acceptors (Lipinski definition) is 1. The van der Waals surface area contributed by atoms with Gasteiger partial charge in [-0.1, -0.05) is 54.1 Å². The lowest BCUT2D eigenvalue weighted by Crippen LogP contribution is -1.83. The molecule has 1 nitrogen and oxygen atoms in total. The van der Waals surface area contributed by atoms with Gasteiger partial charge in [0.15, 0.2) is 0 Å². The van der Waals surface area contributed by atoms with Gasteiger partial charge in [-0.3, -0.25) is 0 Å². The molecule has 1 aromatic heterocycles. The number of nitrogens with zero attached hydrogens (tertiary/aromatic N) is 1. The van der Waals surface area contributed by atoms with E-state index >= 15 is 0 Å². The average Bonchev–Trinajstić information content (AvgIpc) is 2.46. The van der Waals surface area contributed by atoms with E-state index in [4.69, 9.17) is 11.6 Å². The van der Waals surface area contributed by atoms with Gasteiger partial charge in [-0.15, -0.1) is 0 Å². The van der Waals surface area contributed by atoms with Gasteiger partial charge >= 0.3 is 0 Å². The van der Waals surface area contributed by atoms with Crippen molar-refractivity contribution in [2.24, 2.45) is 0 Å². The quantitative estimate of drug-likeness (QED) is 0.631. The molecule has 2 aromatic carbocycles. The van der Waals surface area contributed by atoms with Gasteiger partial charge in [0.05, 0.1) is 11.2 Å². The molecule has 3 rings (SSSR count). The molecule has 2 heteroatoms. The fourth-order valence-corrected chi connectivity index (χ4v) is 2.13. The highest BCUT2D eigenvalue weighted by atomic mass is 35.5. The van der Waals surface area contributed by atoms with E-state index in [-0.39, 0.29) is 0 Å². The summed E-state index contributed by atoms with van der Waals surface area (Å²) in [7, 11) is 0. The van der Waals surface area contributed by atoms with E-state index < -0.39 is 0 Å². The van der Waals surface area contributed by atoms with Gasteiger partial charge in [-0.2, -0.15) is 0 Å². The molecular formula is C17H12ClN. The minimum absolute atomic E-state index is 0.738. The first-order chi connectivity index (χ1) is 9.31. The largest absolute Gasteiger partial charge is 0.248 e. The second-order valence-electron chi connectivity index (χ2n) is 4.32. The highest BCUT2D eigenvalue weighted by Crippen LogP contribution is 2.18. The summed E-state index contributed by atoms with van der Waals surface area (Å²) in [6.45, 7) is 0. The number of pyridine rings is 1. The van der Waals surface area contributed by atoms with Crippen molar-refractivity contribution >= 4 is 34.7 Å². The Hall–Kier alpha value is -2.12. The van der Waals surface area contributed by atoms with E-state index in [2.05, 4.69) is 23.2 Å². The molecule has 0 aliphatic rings. The van der Waals surface area contributed by atoms with Crippen LogP contribution in [-0.4, -0.2) is 4.98 Å². The fraction of sp³-hybridized carbons (Fsp3) is 0. The topological polar surface area (TPSA) is 12.9 Å². The van der Waals surface area contributed by atoms with Crippen molar-refractivity contribution in [3.63, 3.8) is 0 Å². The minimum atomic E-state index is 0.738. The molecule has 0 unspecified atom stereocenters. The third kappa shape index (κ3) is 2.83. The van der Waals surface area contributed by atoms with E-state index in [0.29, 0.717) is 0 Å². The molecule has 1 heterocycles. The summed E-state index contributed by atoms with van der Waals surface area (Å²) in [6, 6.07) is 20.0. The molecule has 0 saturated carbocycles. The van der Waals surface area contributed by atoms with Crippen molar-refractivity contribution < 1.29 is 0 Å². The Labute approximate surface area is 117 Å². The lowest BCUT2D eigenvalue weighted by molar-refractivity contribution is 1.37. The molecule has 0 amide bonds. The zero-order valence-electron chi connectivity index (χ0n) is 10.3. The van der Waals surface area contributed by atoms with Crippen molar-refractivity contribution in [2.45, 2.75) is 0 Å². The van der Waals surface area contributed by atoms with Crippen LogP contribution in [0.5, 0.6) is 0 Å². The van der Waals surface area contributed by atoms with Gasteiger partial charge in [0.2, 0.25) is 0 Å². The summed E-state index contributed by atoms with van der Waals surface area (Å²) in [4.78, 5) is 4.59. The van der Waals surface area contributed by atoms with Crippen LogP contribution in [-0.2, 0) is 0 Å². The van der Waals surface area contributed by atoms with Gasteiger partial charge < -0.3 is 0 Å². The maximum Gasteiger partial charge on any atom is 0.0710 e. The summed E-state index contributed by atoms with van der Waals surface area (Å²) >= 11 is 5.96. The van der Waals surface area contributed by atoms with Crippen molar-refractivity contribution in [2.75, 3.05) is 0 Å². The zero-order chi connectivity index (χ0) is 13.1. The third-order valence-corrected chi connectivity index (χ3v) is 3.15. The van der Waals surface area contributed by atoms with Crippen LogP contribution in [0.1, 0.15) is 11.3 Å². The maximum absolute atomic E-state index is 5.96. The molecule has 19 heavy (non-hydrogen) atoms. The molecule has 0 spiro atoms. The SMILES string of the molecule is Clc1ccc2nc(/C=C\c3ccccc3)ccc2c1. The third-order valence-electron chi connectivity index (χ3n) is 2.92. The summed E-state index contributed by atoms with van der Waals surface area (Å²) in [5, 5.41) is 1.80. The number of hydrogen-bond donors (Lipinski definition) is 0. The first-order valence-electron chi connectivity index (χ1n) is 6.11. The van der Waals surface area contributed by atoms with Crippen LogP contribution in [0.3, 0.4) is 0 Å². The molecule has 3 aromatic rings. The normalized spacial score (nSPS) is 11.2. The van der Waals surface area contributed by atoms with Gasteiger partial charge in [0.25, 0.3) is 0 Å². The van der Waals surface area contributed by atoms with Crippen molar-refractivity contribution in [3.8, 4) is 0 Å². The minimum Gasteiger partial charge on any atom is -0.248 e. The van der Waals surface area contributed by atoms with Gasteiger partial charge in [-0.05, 0) is 35.9 Å². The standard InChI is InChI=1S/C17H12ClN/c18-15-8-11-17-14(12-15)7-10-16(19-17)9-6-13-4-2-1-3-5-13/h1-12H/b9-6-. The van der Waals surface area contributed by atoms with E-state index in [1.165, 1.54) is 5.56 Å². The van der Waals surface area contributed by atoms with Crippen molar-refractivity contribution in [1.29, 1.82) is 0 Å². The highest BCUT2D eigenvalue weighted by Gasteiger charge is 1.97. The lowest BCUT2D eigenvalue weighted by Gasteiger charge is -1.99. The van der Waals surface area contributed by atoms with Gasteiger partial charge in [0.1, 0.15) is 0 Å². The Bertz CT molecular complexity index is 733. The monoisotopic (exact) mass is 265 g/mol. The Balaban J connectivity index is 1.94. The smallest absolute Gasteiger partial charge is 0.0710 e. The van der Waals surface area contributed by atoms with Crippen molar-refractivity contribution in [1.82, 2.24) is 4.98 Å². The molecule has 0 N–H and O–H groups in total. The predicted molar refractivity (Wildman–Crippen MR) is 82.1 cm³/mol. The van der Waals surface area contributed by atoms with E-state index in [0.717, 1.165) is 21.6 Å². The number of fused-ring (bicyclic) bond motifs is 1. The van der Waals surface area contributed by atoms with E-state index in [1.807, 2.05) is 54.6 Å². The first-order valence-corrected chi connectivity index (χ1v) is 6.48. The first kappa shape index (κ1) is 11.9. The fourth-order valence-electron chi connectivity index (χ4n) is 1.95. The molecule has 0 radical (unpaired) electrons. The number of aromatic nitrogens is 1. The Kier molecular flexibility index (Phi) is 3.30. The van der Waals surface area contributed by atoms with Gasteiger partial charge in [-0.25, -0.2) is 4.98 Å². The molecular weight excluding hydrogens is 254 g/mol. The summed E-state index contributed by atoms with van der Waals surface area (Å²) in [5.41, 5.74) is 3.07. The molecule has 0 aliphatic carbocycles. The molecule has 0 bridgehead atoms. The molecule has 0 aliphatic heterocycles. The van der Waals surface area contributed by atoms with Crippen LogP contribution < -0.4 is 0 Å². The zero-order valence-corrected chi connectivity index (χ0v) is 11.0. The Morgan fingerprint density at radius 1 is 0.842 bits per heavy atom.